The Labute approximate surface area is 207 Å². The van der Waals surface area contributed by atoms with Crippen molar-refractivity contribution in [1.82, 2.24) is 0 Å². The first-order valence-corrected chi connectivity index (χ1v) is 12.2. The molecule has 0 fully saturated rings. The zero-order chi connectivity index (χ0) is 23.6. The molecule has 2 heteroatoms. The van der Waals surface area contributed by atoms with E-state index in [0.29, 0.717) is 0 Å². The Morgan fingerprint density at radius 3 is 1.67 bits per heavy atom. The van der Waals surface area contributed by atoms with Crippen LogP contribution in [0.4, 0.5) is 0 Å². The van der Waals surface area contributed by atoms with Crippen LogP contribution in [-0.2, 0) is 0 Å². The zero-order valence-electron chi connectivity index (χ0n) is 19.4. The summed E-state index contributed by atoms with van der Waals surface area (Å²) in [6.45, 7) is 0. The van der Waals surface area contributed by atoms with Gasteiger partial charge in [-0.2, -0.15) is 0 Å². The lowest BCUT2D eigenvalue weighted by atomic mass is 9.87. The maximum atomic E-state index is 6.66. The molecule has 0 aliphatic rings. The number of furan rings is 2. The summed E-state index contributed by atoms with van der Waals surface area (Å²) >= 11 is 0. The van der Waals surface area contributed by atoms with Crippen LogP contribution in [0.1, 0.15) is 0 Å². The molecule has 0 saturated heterocycles. The molecule has 2 nitrogen and oxygen atoms in total. The fourth-order valence-corrected chi connectivity index (χ4v) is 5.71. The molecule has 36 heavy (non-hydrogen) atoms. The average molecular weight is 461 g/mol. The van der Waals surface area contributed by atoms with E-state index in [0.717, 1.165) is 44.2 Å². The quantitative estimate of drug-likeness (QED) is 0.240. The van der Waals surface area contributed by atoms with Crippen LogP contribution in [0, 0.1) is 0 Å². The number of hydrogen-bond donors (Lipinski definition) is 0. The van der Waals surface area contributed by atoms with Gasteiger partial charge in [0.2, 0.25) is 0 Å². The molecule has 0 aliphatic heterocycles. The van der Waals surface area contributed by atoms with E-state index in [1.54, 1.807) is 0 Å². The SMILES string of the molecule is c1ccc(-c2c3ccccc3c(-c3cc4ccc5c6ccccc6oc5c4o3)c3ccccc23)cc1. The second-order valence-electron chi connectivity index (χ2n) is 9.28. The molecule has 0 saturated carbocycles. The van der Waals surface area contributed by atoms with Gasteiger partial charge in [-0.05, 0) is 50.9 Å². The minimum Gasteiger partial charge on any atom is -0.452 e. The molecule has 0 aliphatic carbocycles. The maximum Gasteiger partial charge on any atom is 0.178 e. The first-order valence-electron chi connectivity index (χ1n) is 12.2. The van der Waals surface area contributed by atoms with Gasteiger partial charge in [-0.15, -0.1) is 0 Å². The second-order valence-corrected chi connectivity index (χ2v) is 9.28. The normalized spacial score (nSPS) is 11.9. The van der Waals surface area contributed by atoms with Gasteiger partial charge < -0.3 is 8.83 Å². The molecule has 0 unspecified atom stereocenters. The third kappa shape index (κ3) is 2.67. The molecule has 0 N–H and O–H groups in total. The molecule has 6 aromatic carbocycles. The van der Waals surface area contributed by atoms with Crippen LogP contribution in [0.2, 0.25) is 0 Å². The van der Waals surface area contributed by atoms with Crippen LogP contribution < -0.4 is 0 Å². The number of para-hydroxylation sites is 1. The lowest BCUT2D eigenvalue weighted by molar-refractivity contribution is 0.612. The monoisotopic (exact) mass is 460 g/mol. The maximum absolute atomic E-state index is 6.66. The molecule has 168 valence electrons. The smallest absolute Gasteiger partial charge is 0.178 e. The molecule has 0 bridgehead atoms. The summed E-state index contributed by atoms with van der Waals surface area (Å²) in [5.74, 6) is 0.852. The van der Waals surface area contributed by atoms with Gasteiger partial charge in [-0.25, -0.2) is 0 Å². The highest BCUT2D eigenvalue weighted by molar-refractivity contribution is 6.22. The van der Waals surface area contributed by atoms with Crippen molar-refractivity contribution in [3.63, 3.8) is 0 Å². The molecule has 0 atom stereocenters. The number of benzene rings is 6. The summed E-state index contributed by atoms with van der Waals surface area (Å²) in [4.78, 5) is 0. The Balaban J connectivity index is 1.50. The molecular formula is C34H20O2. The summed E-state index contributed by atoms with van der Waals surface area (Å²) in [7, 11) is 0. The third-order valence-corrected chi connectivity index (χ3v) is 7.27. The van der Waals surface area contributed by atoms with Gasteiger partial charge >= 0.3 is 0 Å². The van der Waals surface area contributed by atoms with Crippen molar-refractivity contribution in [3.8, 4) is 22.5 Å². The topological polar surface area (TPSA) is 26.3 Å². The fourth-order valence-electron chi connectivity index (χ4n) is 5.71. The fraction of sp³-hybridized carbons (Fsp3) is 0. The molecule has 0 radical (unpaired) electrons. The van der Waals surface area contributed by atoms with Crippen molar-refractivity contribution in [3.05, 3.63) is 121 Å². The Kier molecular flexibility index (Phi) is 3.97. The standard InChI is InChI=1S/C34H20O2/c1-2-10-21(11-3-1)31-24-13-4-6-15-26(24)32(27-16-7-5-14-25(27)31)30-20-22-18-19-28-23-12-8-9-17-29(23)35-34(28)33(22)36-30/h1-20H. The van der Waals surface area contributed by atoms with E-state index < -0.39 is 0 Å². The minimum atomic E-state index is 0.791. The summed E-state index contributed by atoms with van der Waals surface area (Å²) in [5, 5.41) is 8.00. The Bertz CT molecular complexity index is 2030. The van der Waals surface area contributed by atoms with Gasteiger partial charge in [0, 0.05) is 21.7 Å². The van der Waals surface area contributed by atoms with Crippen molar-refractivity contribution >= 4 is 54.5 Å². The molecule has 2 heterocycles. The van der Waals surface area contributed by atoms with Crippen molar-refractivity contribution in [2.24, 2.45) is 0 Å². The van der Waals surface area contributed by atoms with Crippen molar-refractivity contribution in [2.75, 3.05) is 0 Å². The van der Waals surface area contributed by atoms with Crippen molar-refractivity contribution < 1.29 is 8.83 Å². The number of hydrogen-bond acceptors (Lipinski definition) is 2. The predicted molar refractivity (Wildman–Crippen MR) is 149 cm³/mol. The highest BCUT2D eigenvalue weighted by Gasteiger charge is 2.20. The van der Waals surface area contributed by atoms with E-state index in [4.69, 9.17) is 8.83 Å². The second kappa shape index (κ2) is 7.34. The van der Waals surface area contributed by atoms with Crippen LogP contribution in [0.5, 0.6) is 0 Å². The lowest BCUT2D eigenvalue weighted by Crippen LogP contribution is -1.89. The molecule has 0 amide bonds. The Morgan fingerprint density at radius 2 is 0.972 bits per heavy atom. The molecule has 8 aromatic rings. The van der Waals surface area contributed by atoms with Crippen molar-refractivity contribution in [1.29, 1.82) is 0 Å². The Hall–Kier alpha value is -4.82. The van der Waals surface area contributed by atoms with Crippen LogP contribution in [-0.4, -0.2) is 0 Å². The molecule has 0 spiro atoms. The predicted octanol–water partition coefficient (Wildman–Crippen LogP) is 9.97. The first-order chi connectivity index (χ1) is 17.9. The van der Waals surface area contributed by atoms with Crippen molar-refractivity contribution in [2.45, 2.75) is 0 Å². The number of fused-ring (bicyclic) bond motifs is 7. The van der Waals surface area contributed by atoms with Gasteiger partial charge in [0.1, 0.15) is 11.3 Å². The zero-order valence-corrected chi connectivity index (χ0v) is 19.4. The van der Waals surface area contributed by atoms with Crippen LogP contribution >= 0.6 is 0 Å². The van der Waals surface area contributed by atoms with E-state index in [2.05, 4.69) is 103 Å². The van der Waals surface area contributed by atoms with Gasteiger partial charge in [-0.3, -0.25) is 0 Å². The summed E-state index contributed by atoms with van der Waals surface area (Å²) < 4.78 is 12.9. The first kappa shape index (κ1) is 19.5. The van der Waals surface area contributed by atoms with Crippen LogP contribution in [0.3, 0.4) is 0 Å². The van der Waals surface area contributed by atoms with E-state index in [-0.39, 0.29) is 0 Å². The number of rotatable bonds is 2. The summed E-state index contributed by atoms with van der Waals surface area (Å²) in [6, 6.07) is 42.5. The van der Waals surface area contributed by atoms with E-state index in [9.17, 15) is 0 Å². The summed E-state index contributed by atoms with van der Waals surface area (Å²) in [5.41, 5.74) is 6.04. The highest BCUT2D eigenvalue weighted by Crippen LogP contribution is 2.45. The Morgan fingerprint density at radius 1 is 0.389 bits per heavy atom. The van der Waals surface area contributed by atoms with E-state index >= 15 is 0 Å². The average Bonchev–Trinajstić information content (AvgIpc) is 3.53. The van der Waals surface area contributed by atoms with Gasteiger partial charge in [0.25, 0.3) is 0 Å². The molecule has 2 aromatic heterocycles. The van der Waals surface area contributed by atoms with E-state index in [1.165, 1.54) is 32.7 Å². The minimum absolute atomic E-state index is 0.791. The highest BCUT2D eigenvalue weighted by atomic mass is 16.4. The molecule has 8 rings (SSSR count). The largest absolute Gasteiger partial charge is 0.452 e. The van der Waals surface area contributed by atoms with Gasteiger partial charge in [-0.1, -0.05) is 103 Å². The van der Waals surface area contributed by atoms with Crippen LogP contribution in [0.25, 0.3) is 76.9 Å². The summed E-state index contributed by atoms with van der Waals surface area (Å²) in [6.07, 6.45) is 0. The van der Waals surface area contributed by atoms with Gasteiger partial charge in [0.05, 0.1) is 0 Å². The lowest BCUT2D eigenvalue weighted by Gasteiger charge is -2.16. The third-order valence-electron chi connectivity index (χ3n) is 7.27. The van der Waals surface area contributed by atoms with Gasteiger partial charge in [0.15, 0.2) is 11.2 Å². The van der Waals surface area contributed by atoms with Crippen LogP contribution in [0.15, 0.2) is 130 Å². The molecular weight excluding hydrogens is 440 g/mol. The van der Waals surface area contributed by atoms with E-state index in [1.807, 2.05) is 18.2 Å².